The van der Waals surface area contributed by atoms with E-state index in [0.29, 0.717) is 0 Å². The molecule has 0 aliphatic rings. The zero-order valence-electron chi connectivity index (χ0n) is 35.6. The molecule has 3 nitrogen and oxygen atoms in total. The van der Waals surface area contributed by atoms with Crippen LogP contribution in [0.5, 0.6) is 5.75 Å². The number of aromatic nitrogens is 2. The van der Waals surface area contributed by atoms with Crippen LogP contribution >= 0.6 is 11.3 Å². The molecule has 0 aliphatic heterocycles. The van der Waals surface area contributed by atoms with Crippen LogP contribution in [-0.2, 0) is 48.1 Å². The first-order valence-electron chi connectivity index (χ1n) is 19.3. The molecule has 6 aromatic rings. The van der Waals surface area contributed by atoms with Gasteiger partial charge in [-0.15, -0.1) is 40.2 Å². The Morgan fingerprint density at radius 2 is 1.16 bits per heavy atom. The van der Waals surface area contributed by atoms with Gasteiger partial charge in [-0.25, -0.2) is 4.98 Å². The van der Waals surface area contributed by atoms with E-state index in [4.69, 9.17) is 9.97 Å². The van der Waals surface area contributed by atoms with E-state index in [1.807, 2.05) is 24.4 Å². The standard InChI is InChI=1S/C50H59N2OS.Pt/c1-46(2,3)33-22-31(23-34(27-33)47(4,5)6)30-20-21-51-40(26-30)32-24-37(43(50(13,14)15)39(25-32)49(10,11)12)38-28-35(48(7,8)9)29-42-44(38)52-45(54-42)36-18-16-17-19-41(36)53;/h16-23,25-29,53H,1-15H3;/q-1;. The van der Waals surface area contributed by atoms with Crippen molar-refractivity contribution in [3.8, 4) is 49.8 Å². The Kier molecular flexibility index (Phi) is 11.4. The van der Waals surface area contributed by atoms with Crippen LogP contribution in [0.2, 0.25) is 0 Å². The fraction of sp³-hybridized carbons (Fsp3) is 0.400. The Morgan fingerprint density at radius 1 is 0.582 bits per heavy atom. The van der Waals surface area contributed by atoms with E-state index in [1.54, 1.807) is 17.4 Å². The second-order valence-corrected chi connectivity index (χ2v) is 21.3. The van der Waals surface area contributed by atoms with E-state index in [1.165, 1.54) is 33.4 Å². The average Bonchev–Trinajstić information content (AvgIpc) is 3.49. The molecule has 0 saturated carbocycles. The predicted molar refractivity (Wildman–Crippen MR) is 233 cm³/mol. The van der Waals surface area contributed by atoms with Crippen LogP contribution in [0, 0.1) is 6.07 Å². The van der Waals surface area contributed by atoms with E-state index in [-0.39, 0.29) is 53.9 Å². The second-order valence-electron chi connectivity index (χ2n) is 20.2. The predicted octanol–water partition coefficient (Wildman–Crippen LogP) is 14.4. The summed E-state index contributed by atoms with van der Waals surface area (Å²) >= 11 is 1.64. The number of pyridine rings is 1. The third-order valence-electron chi connectivity index (χ3n) is 10.4. The van der Waals surface area contributed by atoms with Crippen molar-refractivity contribution in [1.29, 1.82) is 0 Å². The van der Waals surface area contributed by atoms with Crippen LogP contribution in [-0.4, -0.2) is 15.1 Å². The van der Waals surface area contributed by atoms with E-state index in [0.717, 1.165) is 48.7 Å². The maximum absolute atomic E-state index is 10.9. The molecule has 0 saturated heterocycles. The first-order chi connectivity index (χ1) is 24.8. The van der Waals surface area contributed by atoms with Gasteiger partial charge in [0.15, 0.2) is 0 Å². The van der Waals surface area contributed by atoms with Crippen LogP contribution in [0.25, 0.3) is 54.3 Å². The number of fused-ring (bicyclic) bond motifs is 1. The number of rotatable bonds is 4. The quantitative estimate of drug-likeness (QED) is 0.179. The summed E-state index contributed by atoms with van der Waals surface area (Å²) in [5.74, 6) is 0.238. The normalized spacial score (nSPS) is 12.9. The Hall–Kier alpha value is -3.59. The van der Waals surface area contributed by atoms with E-state index in [9.17, 15) is 5.11 Å². The molecule has 0 amide bonds. The largest absolute Gasteiger partial charge is 0.507 e. The monoisotopic (exact) mass is 930 g/mol. The zero-order valence-corrected chi connectivity index (χ0v) is 38.7. The van der Waals surface area contributed by atoms with Gasteiger partial charge in [-0.3, -0.25) is 4.98 Å². The van der Waals surface area contributed by atoms with Crippen molar-refractivity contribution in [2.75, 3.05) is 0 Å². The molecule has 6 rings (SSSR count). The SMILES string of the molecule is CC(C)(C)c1cc(-c2ccnc(-c3[c-]c(-c4cc(C(C)(C)C)cc5sc(-c6ccccc6O)nc45)c(C(C)(C)C)c(C(C)(C)C)c3)c2)cc(C(C)(C)C)c1.[Pt]. The molecule has 4 aromatic carbocycles. The molecule has 2 aromatic heterocycles. The number of aromatic hydroxyl groups is 1. The van der Waals surface area contributed by atoms with Gasteiger partial charge in [0.1, 0.15) is 10.8 Å². The molecule has 1 N–H and O–H groups in total. The first-order valence-corrected chi connectivity index (χ1v) is 20.1. The number of hydrogen-bond acceptors (Lipinski definition) is 4. The van der Waals surface area contributed by atoms with Crippen molar-refractivity contribution in [3.63, 3.8) is 0 Å². The molecular weight excluding hydrogens is 872 g/mol. The van der Waals surface area contributed by atoms with Gasteiger partial charge < -0.3 is 5.11 Å². The number of benzene rings is 4. The van der Waals surface area contributed by atoms with Crippen molar-refractivity contribution in [3.05, 3.63) is 113 Å². The minimum atomic E-state index is -0.195. The molecule has 5 heteroatoms. The van der Waals surface area contributed by atoms with Crippen molar-refractivity contribution in [2.45, 2.75) is 131 Å². The minimum absolute atomic E-state index is 0. The third kappa shape index (κ3) is 8.87. The fourth-order valence-electron chi connectivity index (χ4n) is 7.14. The fourth-order valence-corrected chi connectivity index (χ4v) is 8.20. The van der Waals surface area contributed by atoms with Crippen LogP contribution in [0.4, 0.5) is 0 Å². The van der Waals surface area contributed by atoms with Crippen molar-refractivity contribution < 1.29 is 26.2 Å². The Bertz CT molecular complexity index is 2330. The number of phenolic OH excluding ortho intramolecular Hbond substituents is 1. The smallest absolute Gasteiger partial charge is 0.127 e. The molecule has 0 fully saturated rings. The summed E-state index contributed by atoms with van der Waals surface area (Å²) in [6, 6.07) is 29.9. The summed E-state index contributed by atoms with van der Waals surface area (Å²) < 4.78 is 1.10. The zero-order chi connectivity index (χ0) is 39.8. The van der Waals surface area contributed by atoms with Gasteiger partial charge in [0, 0.05) is 37.7 Å². The number of thiazole rings is 1. The molecule has 0 bridgehead atoms. The summed E-state index contributed by atoms with van der Waals surface area (Å²) in [7, 11) is 0. The average molecular weight is 931 g/mol. The van der Waals surface area contributed by atoms with Crippen LogP contribution < -0.4 is 0 Å². The van der Waals surface area contributed by atoms with Gasteiger partial charge in [-0.05, 0) is 79.2 Å². The topological polar surface area (TPSA) is 46.0 Å². The second kappa shape index (κ2) is 14.7. The number of nitrogens with zero attached hydrogens (tertiary/aromatic N) is 2. The molecule has 55 heavy (non-hydrogen) atoms. The van der Waals surface area contributed by atoms with Crippen molar-refractivity contribution in [1.82, 2.24) is 9.97 Å². The van der Waals surface area contributed by atoms with Gasteiger partial charge in [0.25, 0.3) is 0 Å². The summed E-state index contributed by atoms with van der Waals surface area (Å²) in [6.07, 6.45) is 1.95. The van der Waals surface area contributed by atoms with Gasteiger partial charge >= 0.3 is 0 Å². The Balaban J connectivity index is 0.00000580. The van der Waals surface area contributed by atoms with Crippen molar-refractivity contribution >= 4 is 21.6 Å². The number of phenols is 1. The molecular formula is C50H59N2OPtS-. The summed E-state index contributed by atoms with van der Waals surface area (Å²) in [4.78, 5) is 10.3. The third-order valence-corrected chi connectivity index (χ3v) is 11.5. The minimum Gasteiger partial charge on any atom is -0.507 e. The molecule has 0 spiro atoms. The molecule has 2 heterocycles. The van der Waals surface area contributed by atoms with E-state index < -0.39 is 0 Å². The van der Waals surface area contributed by atoms with E-state index in [2.05, 4.69) is 158 Å². The number of hydrogen-bond donors (Lipinski definition) is 1. The maximum atomic E-state index is 10.9. The van der Waals surface area contributed by atoms with Gasteiger partial charge in [0.05, 0.1) is 11.1 Å². The summed E-state index contributed by atoms with van der Waals surface area (Å²) in [5, 5.41) is 11.7. The van der Waals surface area contributed by atoms with Crippen LogP contribution in [0.3, 0.4) is 0 Å². The van der Waals surface area contributed by atoms with Crippen LogP contribution in [0.15, 0.2) is 79.0 Å². The van der Waals surface area contributed by atoms with Gasteiger partial charge in [0.2, 0.25) is 0 Å². The van der Waals surface area contributed by atoms with Crippen molar-refractivity contribution in [2.24, 2.45) is 0 Å². The van der Waals surface area contributed by atoms with E-state index >= 15 is 0 Å². The maximum Gasteiger partial charge on any atom is 0.127 e. The Labute approximate surface area is 349 Å². The first kappa shape index (κ1) is 42.5. The molecule has 0 aliphatic carbocycles. The van der Waals surface area contributed by atoms with Crippen LogP contribution in [0.1, 0.15) is 132 Å². The summed E-state index contributed by atoms with van der Waals surface area (Å²) in [5.41, 5.74) is 14.0. The molecule has 292 valence electrons. The molecule has 0 radical (unpaired) electrons. The number of para-hydroxylation sites is 1. The Morgan fingerprint density at radius 3 is 1.71 bits per heavy atom. The molecule has 0 atom stereocenters. The van der Waals surface area contributed by atoms with Gasteiger partial charge in [-0.2, -0.15) is 0 Å². The summed E-state index contributed by atoms with van der Waals surface area (Å²) in [6.45, 7) is 34.4. The van der Waals surface area contributed by atoms with Gasteiger partial charge in [-0.1, -0.05) is 157 Å². The molecule has 0 unspecified atom stereocenters.